The molecule has 2 N–H and O–H groups in total. The van der Waals surface area contributed by atoms with Crippen LogP contribution in [0.1, 0.15) is 5.56 Å². The Hall–Kier alpha value is -0.900. The molecule has 0 aromatic heterocycles. The van der Waals surface area contributed by atoms with E-state index in [0.717, 1.165) is 6.54 Å². The van der Waals surface area contributed by atoms with Gasteiger partial charge in [0.15, 0.2) is 0 Å². The first-order chi connectivity index (χ1) is 6.86. The fourth-order valence-corrected chi connectivity index (χ4v) is 1.58. The molecular weight excluding hydrogens is 178 g/mol. The molecule has 1 fully saturated rings. The standard InChI is InChI=1S/C11H15NO2/c13-11-8-14-7-10(11)12-6-9-4-2-1-3-5-9/h1-5,10-13H,6-8H2. The van der Waals surface area contributed by atoms with Gasteiger partial charge < -0.3 is 15.2 Å². The zero-order chi connectivity index (χ0) is 9.80. The van der Waals surface area contributed by atoms with Crippen LogP contribution in [0.15, 0.2) is 30.3 Å². The van der Waals surface area contributed by atoms with E-state index in [9.17, 15) is 5.11 Å². The third-order valence-electron chi connectivity index (χ3n) is 2.46. The van der Waals surface area contributed by atoms with Crippen LogP contribution in [0.4, 0.5) is 0 Å². The summed E-state index contributed by atoms with van der Waals surface area (Å²) in [5.41, 5.74) is 1.23. The van der Waals surface area contributed by atoms with Crippen LogP contribution in [0, 0.1) is 0 Å². The molecule has 0 aliphatic carbocycles. The largest absolute Gasteiger partial charge is 0.389 e. The Morgan fingerprint density at radius 2 is 2.07 bits per heavy atom. The summed E-state index contributed by atoms with van der Waals surface area (Å²) in [6, 6.07) is 10.2. The summed E-state index contributed by atoms with van der Waals surface area (Å²) in [7, 11) is 0. The number of rotatable bonds is 3. The third-order valence-corrected chi connectivity index (χ3v) is 2.46. The Morgan fingerprint density at radius 3 is 2.71 bits per heavy atom. The fourth-order valence-electron chi connectivity index (χ4n) is 1.58. The quantitative estimate of drug-likeness (QED) is 0.736. The summed E-state index contributed by atoms with van der Waals surface area (Å²) >= 11 is 0. The van der Waals surface area contributed by atoms with Crippen molar-refractivity contribution in [3.8, 4) is 0 Å². The van der Waals surface area contributed by atoms with Gasteiger partial charge in [0.1, 0.15) is 0 Å². The van der Waals surface area contributed by atoms with E-state index in [4.69, 9.17) is 4.74 Å². The Morgan fingerprint density at radius 1 is 1.29 bits per heavy atom. The zero-order valence-corrected chi connectivity index (χ0v) is 8.02. The number of hydrogen-bond donors (Lipinski definition) is 2. The minimum atomic E-state index is -0.362. The number of nitrogens with one attached hydrogen (secondary N) is 1. The fraction of sp³-hybridized carbons (Fsp3) is 0.455. The molecule has 0 saturated carbocycles. The highest BCUT2D eigenvalue weighted by atomic mass is 16.5. The number of benzene rings is 1. The SMILES string of the molecule is OC1COCC1NCc1ccccc1. The lowest BCUT2D eigenvalue weighted by Gasteiger charge is -2.14. The van der Waals surface area contributed by atoms with Gasteiger partial charge in [-0.05, 0) is 5.56 Å². The average molecular weight is 193 g/mol. The van der Waals surface area contributed by atoms with E-state index in [1.807, 2.05) is 18.2 Å². The Bertz CT molecular complexity index is 276. The predicted octanol–water partition coefficient (Wildman–Crippen LogP) is 0.536. The predicted molar refractivity (Wildman–Crippen MR) is 53.9 cm³/mol. The van der Waals surface area contributed by atoms with Crippen molar-refractivity contribution >= 4 is 0 Å². The monoisotopic (exact) mass is 193 g/mol. The van der Waals surface area contributed by atoms with E-state index in [-0.39, 0.29) is 12.1 Å². The summed E-state index contributed by atoms with van der Waals surface area (Å²) in [6.45, 7) is 1.84. The van der Waals surface area contributed by atoms with Crippen molar-refractivity contribution in [1.82, 2.24) is 5.32 Å². The van der Waals surface area contributed by atoms with Gasteiger partial charge in [-0.15, -0.1) is 0 Å². The molecule has 76 valence electrons. The lowest BCUT2D eigenvalue weighted by Crippen LogP contribution is -2.38. The van der Waals surface area contributed by atoms with Gasteiger partial charge in [0.2, 0.25) is 0 Å². The second-order valence-corrected chi connectivity index (χ2v) is 3.58. The lowest BCUT2D eigenvalue weighted by atomic mass is 10.2. The van der Waals surface area contributed by atoms with E-state index >= 15 is 0 Å². The van der Waals surface area contributed by atoms with Gasteiger partial charge in [0, 0.05) is 6.54 Å². The molecule has 0 radical (unpaired) electrons. The minimum Gasteiger partial charge on any atom is -0.389 e. The molecule has 1 aliphatic heterocycles. The summed E-state index contributed by atoms with van der Waals surface area (Å²) in [5.74, 6) is 0. The first-order valence-electron chi connectivity index (χ1n) is 4.89. The third kappa shape index (κ3) is 2.32. The van der Waals surface area contributed by atoms with Crippen LogP contribution in [0.5, 0.6) is 0 Å². The smallest absolute Gasteiger partial charge is 0.0948 e. The normalized spacial score (nSPS) is 26.6. The van der Waals surface area contributed by atoms with E-state index in [0.29, 0.717) is 13.2 Å². The molecule has 3 nitrogen and oxygen atoms in total. The van der Waals surface area contributed by atoms with Gasteiger partial charge in [-0.25, -0.2) is 0 Å². The summed E-state index contributed by atoms with van der Waals surface area (Å²) in [4.78, 5) is 0. The van der Waals surface area contributed by atoms with Gasteiger partial charge in [-0.3, -0.25) is 0 Å². The number of ether oxygens (including phenoxy) is 1. The number of aliphatic hydroxyl groups is 1. The number of hydrogen-bond acceptors (Lipinski definition) is 3. The minimum absolute atomic E-state index is 0.0789. The highest BCUT2D eigenvalue weighted by molar-refractivity contribution is 5.14. The lowest BCUT2D eigenvalue weighted by molar-refractivity contribution is 0.122. The van der Waals surface area contributed by atoms with Crippen molar-refractivity contribution in [2.75, 3.05) is 13.2 Å². The first kappa shape index (κ1) is 9.65. The van der Waals surface area contributed by atoms with Crippen LogP contribution in [0.2, 0.25) is 0 Å². The van der Waals surface area contributed by atoms with Crippen LogP contribution in [-0.2, 0) is 11.3 Å². The van der Waals surface area contributed by atoms with E-state index in [1.165, 1.54) is 5.56 Å². The molecule has 2 unspecified atom stereocenters. The second kappa shape index (κ2) is 4.55. The second-order valence-electron chi connectivity index (χ2n) is 3.58. The molecule has 3 heteroatoms. The molecule has 1 aliphatic rings. The highest BCUT2D eigenvalue weighted by Crippen LogP contribution is 2.06. The van der Waals surface area contributed by atoms with E-state index in [2.05, 4.69) is 17.4 Å². The summed E-state index contributed by atoms with van der Waals surface area (Å²) < 4.78 is 5.15. The molecule has 2 atom stereocenters. The van der Waals surface area contributed by atoms with Crippen molar-refractivity contribution in [2.45, 2.75) is 18.7 Å². The van der Waals surface area contributed by atoms with Crippen LogP contribution in [0.25, 0.3) is 0 Å². The maximum absolute atomic E-state index is 9.48. The van der Waals surface area contributed by atoms with Crippen molar-refractivity contribution < 1.29 is 9.84 Å². The van der Waals surface area contributed by atoms with Crippen molar-refractivity contribution in [3.05, 3.63) is 35.9 Å². The van der Waals surface area contributed by atoms with Crippen LogP contribution in [0.3, 0.4) is 0 Å². The van der Waals surface area contributed by atoms with Crippen LogP contribution >= 0.6 is 0 Å². The van der Waals surface area contributed by atoms with Gasteiger partial charge >= 0.3 is 0 Å². The van der Waals surface area contributed by atoms with Crippen LogP contribution in [-0.4, -0.2) is 30.5 Å². The summed E-state index contributed by atoms with van der Waals surface area (Å²) in [5, 5.41) is 12.8. The van der Waals surface area contributed by atoms with Gasteiger partial charge in [0.05, 0.1) is 25.4 Å². The molecule has 14 heavy (non-hydrogen) atoms. The Kier molecular flexibility index (Phi) is 3.14. The summed E-state index contributed by atoms with van der Waals surface area (Å²) in [6.07, 6.45) is -0.362. The maximum atomic E-state index is 9.48. The van der Waals surface area contributed by atoms with Crippen molar-refractivity contribution in [3.63, 3.8) is 0 Å². The molecule has 0 amide bonds. The average Bonchev–Trinajstić information content (AvgIpc) is 2.63. The van der Waals surface area contributed by atoms with Crippen molar-refractivity contribution in [2.24, 2.45) is 0 Å². The molecule has 1 aromatic carbocycles. The zero-order valence-electron chi connectivity index (χ0n) is 8.02. The molecular formula is C11H15NO2. The van der Waals surface area contributed by atoms with Gasteiger partial charge in [0.25, 0.3) is 0 Å². The molecule has 1 heterocycles. The van der Waals surface area contributed by atoms with Crippen LogP contribution < -0.4 is 5.32 Å². The van der Waals surface area contributed by atoms with E-state index in [1.54, 1.807) is 0 Å². The highest BCUT2D eigenvalue weighted by Gasteiger charge is 2.25. The molecule has 0 spiro atoms. The van der Waals surface area contributed by atoms with Gasteiger partial charge in [-0.2, -0.15) is 0 Å². The Balaban J connectivity index is 1.82. The molecule has 1 aromatic rings. The molecule has 0 bridgehead atoms. The Labute approximate surface area is 83.7 Å². The van der Waals surface area contributed by atoms with Crippen molar-refractivity contribution in [1.29, 1.82) is 0 Å². The molecule has 1 saturated heterocycles. The van der Waals surface area contributed by atoms with Gasteiger partial charge in [-0.1, -0.05) is 30.3 Å². The first-order valence-corrected chi connectivity index (χ1v) is 4.89. The maximum Gasteiger partial charge on any atom is 0.0948 e. The molecule has 2 rings (SSSR count). The number of aliphatic hydroxyl groups excluding tert-OH is 1. The topological polar surface area (TPSA) is 41.5 Å². The van der Waals surface area contributed by atoms with E-state index < -0.39 is 0 Å².